The Morgan fingerprint density at radius 1 is 1.12 bits per heavy atom. The number of benzene rings is 2. The number of nitrogens with zero attached hydrogens (tertiary/aromatic N) is 2. The van der Waals surface area contributed by atoms with Crippen molar-refractivity contribution in [2.75, 3.05) is 5.32 Å². The largest absolute Gasteiger partial charge is 0.478 e. The topological polar surface area (TPSA) is 84.3 Å². The van der Waals surface area contributed by atoms with Crippen LogP contribution in [0.2, 0.25) is 5.02 Å². The van der Waals surface area contributed by atoms with Crippen LogP contribution in [0.25, 0.3) is 0 Å². The fourth-order valence-electron chi connectivity index (χ4n) is 2.62. The highest BCUT2D eigenvalue weighted by molar-refractivity contribution is 7.99. The fourth-order valence-corrected chi connectivity index (χ4v) is 4.30. The number of thiazole rings is 1. The van der Waals surface area contributed by atoms with Crippen LogP contribution < -0.4 is 10.1 Å². The van der Waals surface area contributed by atoms with Gasteiger partial charge in [0.2, 0.25) is 0 Å². The quantitative estimate of drug-likeness (QED) is 0.272. The monoisotopic (exact) mass is 505 g/mol. The fraction of sp³-hybridized carbons (Fsp3) is 0.0455. The molecule has 0 saturated heterocycles. The Balaban J connectivity index is 0.00000289. The van der Waals surface area contributed by atoms with Gasteiger partial charge in [-0.15, -0.1) is 23.7 Å². The number of carboxylic acid groups (broad SMARTS) is 1. The van der Waals surface area contributed by atoms with Gasteiger partial charge in [-0.1, -0.05) is 41.6 Å². The van der Waals surface area contributed by atoms with Crippen molar-refractivity contribution in [2.45, 2.75) is 16.7 Å². The van der Waals surface area contributed by atoms with Crippen LogP contribution >= 0.6 is 47.1 Å². The van der Waals surface area contributed by atoms with Gasteiger partial charge >= 0.3 is 5.97 Å². The number of anilines is 2. The second-order valence-corrected chi connectivity index (χ2v) is 8.82. The van der Waals surface area contributed by atoms with Gasteiger partial charge in [0.25, 0.3) is 0 Å². The summed E-state index contributed by atoms with van der Waals surface area (Å²) in [7, 11) is 0. The average Bonchev–Trinajstić information content (AvgIpc) is 3.16. The van der Waals surface area contributed by atoms with Crippen LogP contribution in [0.5, 0.6) is 11.5 Å². The molecule has 164 valence electrons. The second-order valence-electron chi connectivity index (χ2n) is 6.40. The molecule has 0 radical (unpaired) electrons. The second kappa shape index (κ2) is 10.7. The van der Waals surface area contributed by atoms with Gasteiger partial charge in [0.15, 0.2) is 16.7 Å². The maximum atomic E-state index is 11.4. The molecule has 0 amide bonds. The molecular weight excluding hydrogens is 489 g/mol. The summed E-state index contributed by atoms with van der Waals surface area (Å²) < 4.78 is 6.03. The lowest BCUT2D eigenvalue weighted by Gasteiger charge is -2.14. The number of ether oxygens (including phenoxy) is 1. The zero-order valence-electron chi connectivity index (χ0n) is 16.6. The molecule has 0 bridgehead atoms. The molecule has 10 heteroatoms. The van der Waals surface area contributed by atoms with Gasteiger partial charge < -0.3 is 15.2 Å². The summed E-state index contributed by atoms with van der Waals surface area (Å²) in [4.78, 5) is 22.2. The van der Waals surface area contributed by atoms with E-state index in [1.165, 1.54) is 41.3 Å². The summed E-state index contributed by atoms with van der Waals surface area (Å²) in [5.74, 6) is 0.00927. The Labute approximate surface area is 204 Å². The van der Waals surface area contributed by atoms with Crippen molar-refractivity contribution in [3.63, 3.8) is 0 Å². The number of nitrogens with one attached hydrogen (secondary N) is 1. The lowest BCUT2D eigenvalue weighted by Crippen LogP contribution is -2.00. The van der Waals surface area contributed by atoms with Crippen LogP contribution in [0.4, 0.5) is 10.9 Å². The third kappa shape index (κ3) is 5.92. The molecule has 0 aliphatic heterocycles. The Morgan fingerprint density at radius 3 is 2.59 bits per heavy atom. The van der Waals surface area contributed by atoms with E-state index in [0.29, 0.717) is 21.7 Å². The van der Waals surface area contributed by atoms with E-state index in [4.69, 9.17) is 16.3 Å². The van der Waals surface area contributed by atoms with E-state index in [1.54, 1.807) is 6.20 Å². The van der Waals surface area contributed by atoms with Crippen molar-refractivity contribution in [3.8, 4) is 11.5 Å². The van der Waals surface area contributed by atoms with E-state index >= 15 is 0 Å². The SMILES string of the molecule is Cc1csc(Nc2ncc(Sc3ccccc3)cc2Oc2cc(C(=O)O)ccc2Cl)n1.Cl. The summed E-state index contributed by atoms with van der Waals surface area (Å²) in [5, 5.41) is 15.3. The molecule has 2 aromatic carbocycles. The van der Waals surface area contributed by atoms with Crippen molar-refractivity contribution < 1.29 is 14.6 Å². The zero-order chi connectivity index (χ0) is 21.8. The molecule has 0 spiro atoms. The van der Waals surface area contributed by atoms with Gasteiger partial charge in [-0.3, -0.25) is 0 Å². The molecular formula is C22H17Cl2N3O3S2. The standard InChI is InChI=1S/C22H16ClN3O3S2.ClH/c1-13-12-30-22(25-13)26-20-19(29-18-9-14(21(27)28)7-8-17(18)23)10-16(11-24-20)31-15-5-3-2-4-6-15;/h2-12H,1H3,(H,27,28)(H,24,25,26);1H. The highest BCUT2D eigenvalue weighted by atomic mass is 35.5. The number of rotatable bonds is 7. The smallest absolute Gasteiger partial charge is 0.335 e. The van der Waals surface area contributed by atoms with Gasteiger partial charge in [-0.2, -0.15) is 0 Å². The molecule has 0 saturated carbocycles. The molecule has 32 heavy (non-hydrogen) atoms. The van der Waals surface area contributed by atoms with Crippen LogP contribution in [0.3, 0.4) is 0 Å². The van der Waals surface area contributed by atoms with Crippen LogP contribution in [-0.2, 0) is 0 Å². The Bertz CT molecular complexity index is 1240. The Hall–Kier alpha value is -2.78. The van der Waals surface area contributed by atoms with E-state index in [-0.39, 0.29) is 23.7 Å². The minimum atomic E-state index is -1.07. The number of aromatic nitrogens is 2. The lowest BCUT2D eigenvalue weighted by molar-refractivity contribution is 0.0696. The Kier molecular flexibility index (Phi) is 7.98. The number of carboxylic acids is 1. The highest BCUT2D eigenvalue weighted by Crippen LogP contribution is 2.38. The number of pyridine rings is 1. The van der Waals surface area contributed by atoms with Crippen molar-refractivity contribution >= 4 is 64.0 Å². The zero-order valence-corrected chi connectivity index (χ0v) is 19.8. The van der Waals surface area contributed by atoms with Crippen LogP contribution in [0.15, 0.2) is 76.0 Å². The average molecular weight is 506 g/mol. The van der Waals surface area contributed by atoms with E-state index in [9.17, 15) is 9.90 Å². The van der Waals surface area contributed by atoms with Crippen molar-refractivity contribution in [1.29, 1.82) is 0 Å². The maximum absolute atomic E-state index is 11.4. The van der Waals surface area contributed by atoms with Crippen molar-refractivity contribution in [2.24, 2.45) is 0 Å². The predicted octanol–water partition coefficient (Wildman–Crippen LogP) is 7.31. The van der Waals surface area contributed by atoms with Crippen LogP contribution in [0, 0.1) is 6.92 Å². The normalized spacial score (nSPS) is 10.3. The minimum absolute atomic E-state index is 0. The van der Waals surface area contributed by atoms with E-state index in [0.717, 1.165) is 15.5 Å². The molecule has 2 heterocycles. The van der Waals surface area contributed by atoms with Gasteiger partial charge in [0.1, 0.15) is 5.75 Å². The number of halogens is 2. The summed E-state index contributed by atoms with van der Waals surface area (Å²) in [5.41, 5.74) is 0.968. The molecule has 0 aliphatic rings. The molecule has 0 aliphatic carbocycles. The first-order valence-electron chi connectivity index (χ1n) is 9.11. The predicted molar refractivity (Wildman–Crippen MR) is 131 cm³/mol. The number of aryl methyl sites for hydroxylation is 1. The summed E-state index contributed by atoms with van der Waals surface area (Å²) >= 11 is 9.24. The van der Waals surface area contributed by atoms with Gasteiger partial charge in [-0.05, 0) is 37.3 Å². The first kappa shape index (κ1) is 23.9. The molecule has 0 unspecified atom stereocenters. The van der Waals surface area contributed by atoms with Crippen LogP contribution in [0.1, 0.15) is 16.1 Å². The van der Waals surface area contributed by atoms with E-state index in [2.05, 4.69) is 15.3 Å². The number of hydrogen-bond acceptors (Lipinski definition) is 7. The minimum Gasteiger partial charge on any atom is -0.478 e. The summed E-state index contributed by atoms with van der Waals surface area (Å²) in [6.07, 6.45) is 1.74. The van der Waals surface area contributed by atoms with Gasteiger partial charge in [-0.25, -0.2) is 14.8 Å². The molecule has 4 rings (SSSR count). The molecule has 2 N–H and O–H groups in total. The third-order valence-electron chi connectivity index (χ3n) is 4.05. The molecule has 0 fully saturated rings. The molecule has 6 nitrogen and oxygen atoms in total. The van der Waals surface area contributed by atoms with Crippen molar-refractivity contribution in [3.05, 3.63) is 82.5 Å². The van der Waals surface area contributed by atoms with Crippen molar-refractivity contribution in [1.82, 2.24) is 9.97 Å². The van der Waals surface area contributed by atoms with E-state index in [1.807, 2.05) is 48.7 Å². The maximum Gasteiger partial charge on any atom is 0.335 e. The van der Waals surface area contributed by atoms with Gasteiger partial charge in [0, 0.05) is 27.4 Å². The third-order valence-corrected chi connectivity index (χ3v) is 6.20. The molecule has 4 aromatic rings. The van der Waals surface area contributed by atoms with Gasteiger partial charge in [0.05, 0.1) is 16.3 Å². The van der Waals surface area contributed by atoms with Crippen LogP contribution in [-0.4, -0.2) is 21.0 Å². The Morgan fingerprint density at radius 2 is 1.91 bits per heavy atom. The van der Waals surface area contributed by atoms with E-state index < -0.39 is 5.97 Å². The highest BCUT2D eigenvalue weighted by Gasteiger charge is 2.15. The lowest BCUT2D eigenvalue weighted by atomic mass is 10.2. The number of carbonyl (C=O) groups is 1. The molecule has 2 aromatic heterocycles. The number of hydrogen-bond donors (Lipinski definition) is 2. The summed E-state index contributed by atoms with van der Waals surface area (Å²) in [6, 6.07) is 16.0. The first-order valence-corrected chi connectivity index (χ1v) is 11.2. The molecule has 0 atom stereocenters. The first-order chi connectivity index (χ1) is 15.0. The summed E-state index contributed by atoms with van der Waals surface area (Å²) in [6.45, 7) is 1.91. The number of aromatic carboxylic acids is 1.